The predicted octanol–water partition coefficient (Wildman–Crippen LogP) is 5.16. The number of carboxylic acids is 1. The van der Waals surface area contributed by atoms with Crippen molar-refractivity contribution in [3.63, 3.8) is 0 Å². The lowest BCUT2D eigenvalue weighted by atomic mass is 10.1. The molecule has 2 aromatic carbocycles. The second kappa shape index (κ2) is 11.2. The molecule has 0 aliphatic carbocycles. The SMILES string of the molecule is CCOC(=O)C1=C(O)/C(=C/c2ccc(OCC(=O)O)c(Cl)c2)SC1=NC(=O)c1ccccc1Cl. The highest BCUT2D eigenvalue weighted by molar-refractivity contribution is 8.18. The van der Waals surface area contributed by atoms with Crippen LogP contribution < -0.4 is 4.74 Å². The zero-order valence-electron chi connectivity index (χ0n) is 17.6. The topological polar surface area (TPSA) is 122 Å². The van der Waals surface area contributed by atoms with Gasteiger partial charge in [-0.1, -0.05) is 53.2 Å². The number of esters is 1. The third-order valence-electron chi connectivity index (χ3n) is 4.28. The van der Waals surface area contributed by atoms with Crippen molar-refractivity contribution in [2.75, 3.05) is 13.2 Å². The molecule has 3 rings (SSSR count). The fourth-order valence-corrected chi connectivity index (χ4v) is 4.27. The summed E-state index contributed by atoms with van der Waals surface area (Å²) in [5.74, 6) is -2.91. The lowest BCUT2D eigenvalue weighted by Gasteiger charge is -2.06. The van der Waals surface area contributed by atoms with Crippen LogP contribution in [0.2, 0.25) is 10.0 Å². The van der Waals surface area contributed by atoms with Gasteiger partial charge in [-0.15, -0.1) is 0 Å². The number of hydrogen-bond acceptors (Lipinski definition) is 7. The first-order chi connectivity index (χ1) is 16.2. The normalized spacial score (nSPS) is 15.6. The molecule has 0 aromatic heterocycles. The smallest absolute Gasteiger partial charge is 0.344 e. The number of aliphatic carboxylic acids is 1. The largest absolute Gasteiger partial charge is 0.506 e. The Balaban J connectivity index is 1.96. The number of nitrogens with zero attached hydrogens (tertiary/aromatic N) is 1. The summed E-state index contributed by atoms with van der Waals surface area (Å²) in [6.07, 6.45) is 1.52. The number of carboxylic acid groups (broad SMARTS) is 1. The van der Waals surface area contributed by atoms with Gasteiger partial charge in [0.1, 0.15) is 22.1 Å². The summed E-state index contributed by atoms with van der Waals surface area (Å²) in [5, 5.41) is 19.8. The van der Waals surface area contributed by atoms with Crippen LogP contribution in [0.15, 0.2) is 63.7 Å². The van der Waals surface area contributed by atoms with E-state index in [1.165, 1.54) is 30.3 Å². The fraction of sp³-hybridized carbons (Fsp3) is 0.130. The van der Waals surface area contributed by atoms with Crippen LogP contribution in [-0.4, -0.2) is 46.3 Å². The number of aliphatic hydroxyl groups is 1. The molecule has 11 heteroatoms. The number of aliphatic imine (C=N–C) groups is 1. The summed E-state index contributed by atoms with van der Waals surface area (Å²) >= 11 is 13.1. The van der Waals surface area contributed by atoms with E-state index in [4.69, 9.17) is 37.8 Å². The Hall–Kier alpha value is -3.27. The van der Waals surface area contributed by atoms with E-state index in [0.717, 1.165) is 11.8 Å². The van der Waals surface area contributed by atoms with E-state index in [-0.39, 0.29) is 43.5 Å². The summed E-state index contributed by atoms with van der Waals surface area (Å²) in [4.78, 5) is 40.1. The van der Waals surface area contributed by atoms with Gasteiger partial charge in [0.2, 0.25) is 0 Å². The average Bonchev–Trinajstić information content (AvgIpc) is 3.08. The molecular weight excluding hydrogens is 505 g/mol. The van der Waals surface area contributed by atoms with Crippen molar-refractivity contribution in [1.82, 2.24) is 0 Å². The highest BCUT2D eigenvalue weighted by Crippen LogP contribution is 2.40. The van der Waals surface area contributed by atoms with Gasteiger partial charge in [0.05, 0.1) is 27.1 Å². The molecule has 0 unspecified atom stereocenters. The predicted molar refractivity (Wildman–Crippen MR) is 130 cm³/mol. The standard InChI is InChI=1S/C23H17Cl2NO7S/c1-2-32-23(31)19-20(29)17(10-12-7-8-16(15(25)9-12)33-11-18(27)28)34-22(19)26-21(30)13-5-3-4-6-14(13)24/h3-10,29H,2,11H2,1H3,(H,27,28)/b17-10-,26-22?. The Bertz CT molecular complexity index is 1250. The first-order valence-corrected chi connectivity index (χ1v) is 11.3. The summed E-state index contributed by atoms with van der Waals surface area (Å²) in [5.41, 5.74) is 0.413. The summed E-state index contributed by atoms with van der Waals surface area (Å²) in [6.45, 7) is 1.11. The van der Waals surface area contributed by atoms with Gasteiger partial charge < -0.3 is 19.7 Å². The Labute approximate surface area is 208 Å². The number of ether oxygens (including phenoxy) is 2. The lowest BCUT2D eigenvalue weighted by molar-refractivity contribution is -0.139. The fourth-order valence-electron chi connectivity index (χ4n) is 2.79. The molecular formula is C23H17Cl2NO7S. The minimum absolute atomic E-state index is 0.0420. The van der Waals surface area contributed by atoms with Crippen LogP contribution in [0.25, 0.3) is 6.08 Å². The Kier molecular flexibility index (Phi) is 8.38. The number of carbonyl (C=O) groups is 3. The van der Waals surface area contributed by atoms with E-state index >= 15 is 0 Å². The molecule has 0 atom stereocenters. The Morgan fingerprint density at radius 3 is 2.50 bits per heavy atom. The molecule has 2 N–H and O–H groups in total. The van der Waals surface area contributed by atoms with Crippen LogP contribution in [-0.2, 0) is 14.3 Å². The van der Waals surface area contributed by atoms with E-state index in [1.807, 2.05) is 0 Å². The van der Waals surface area contributed by atoms with Gasteiger partial charge in [-0.05, 0) is 42.8 Å². The van der Waals surface area contributed by atoms with Crippen molar-refractivity contribution in [2.45, 2.75) is 6.92 Å². The van der Waals surface area contributed by atoms with E-state index in [1.54, 1.807) is 25.1 Å². The molecule has 1 heterocycles. The van der Waals surface area contributed by atoms with Gasteiger partial charge in [0, 0.05) is 0 Å². The number of carbonyl (C=O) groups excluding carboxylic acids is 2. The van der Waals surface area contributed by atoms with Gasteiger partial charge >= 0.3 is 11.9 Å². The van der Waals surface area contributed by atoms with Gasteiger partial charge in [0.15, 0.2) is 6.61 Å². The lowest BCUT2D eigenvalue weighted by Crippen LogP contribution is -2.14. The quantitative estimate of drug-likeness (QED) is 0.479. The minimum atomic E-state index is -1.15. The van der Waals surface area contributed by atoms with Crippen molar-refractivity contribution in [3.8, 4) is 5.75 Å². The minimum Gasteiger partial charge on any atom is -0.506 e. The van der Waals surface area contributed by atoms with E-state index in [2.05, 4.69) is 4.99 Å². The van der Waals surface area contributed by atoms with Gasteiger partial charge in [-0.3, -0.25) is 4.79 Å². The van der Waals surface area contributed by atoms with Gasteiger partial charge in [-0.25, -0.2) is 14.6 Å². The first-order valence-electron chi connectivity index (χ1n) is 9.73. The Morgan fingerprint density at radius 1 is 1.12 bits per heavy atom. The summed E-state index contributed by atoms with van der Waals surface area (Å²) in [6, 6.07) is 10.9. The molecule has 1 aliphatic heterocycles. The number of thioether (sulfide) groups is 1. The molecule has 1 amide bonds. The molecule has 1 aliphatic rings. The maximum Gasteiger partial charge on any atom is 0.344 e. The number of aliphatic hydroxyl groups excluding tert-OH is 1. The molecule has 0 fully saturated rings. The van der Waals surface area contributed by atoms with Crippen LogP contribution in [0.4, 0.5) is 0 Å². The Morgan fingerprint density at radius 2 is 1.85 bits per heavy atom. The molecule has 0 spiro atoms. The van der Waals surface area contributed by atoms with E-state index < -0.39 is 30.2 Å². The van der Waals surface area contributed by atoms with Crippen LogP contribution in [0, 0.1) is 0 Å². The molecule has 0 radical (unpaired) electrons. The van der Waals surface area contributed by atoms with Crippen molar-refractivity contribution < 1.29 is 34.1 Å². The average molecular weight is 522 g/mol. The van der Waals surface area contributed by atoms with Gasteiger partial charge in [-0.2, -0.15) is 0 Å². The molecule has 0 bridgehead atoms. The molecule has 34 heavy (non-hydrogen) atoms. The second-order valence-electron chi connectivity index (χ2n) is 6.63. The summed E-state index contributed by atoms with van der Waals surface area (Å²) < 4.78 is 10.1. The zero-order valence-corrected chi connectivity index (χ0v) is 19.9. The second-order valence-corrected chi connectivity index (χ2v) is 8.47. The molecule has 0 saturated carbocycles. The number of amides is 1. The monoisotopic (exact) mass is 521 g/mol. The van der Waals surface area contributed by atoms with Crippen LogP contribution in [0.1, 0.15) is 22.8 Å². The number of benzene rings is 2. The maximum absolute atomic E-state index is 12.7. The highest BCUT2D eigenvalue weighted by atomic mass is 35.5. The molecule has 0 saturated heterocycles. The third-order valence-corrected chi connectivity index (χ3v) is 5.93. The van der Waals surface area contributed by atoms with E-state index in [0.29, 0.717) is 5.56 Å². The van der Waals surface area contributed by atoms with Crippen molar-refractivity contribution >= 4 is 63.9 Å². The number of hydrogen-bond donors (Lipinski definition) is 2. The van der Waals surface area contributed by atoms with Crippen molar-refractivity contribution in [2.24, 2.45) is 4.99 Å². The zero-order chi connectivity index (χ0) is 24.8. The molecule has 8 nitrogen and oxygen atoms in total. The van der Waals surface area contributed by atoms with E-state index in [9.17, 15) is 19.5 Å². The van der Waals surface area contributed by atoms with Crippen LogP contribution in [0.5, 0.6) is 5.75 Å². The molecule has 2 aromatic rings. The maximum atomic E-state index is 12.7. The van der Waals surface area contributed by atoms with Crippen molar-refractivity contribution in [1.29, 1.82) is 0 Å². The third kappa shape index (κ3) is 5.99. The molecule has 176 valence electrons. The highest BCUT2D eigenvalue weighted by Gasteiger charge is 2.34. The van der Waals surface area contributed by atoms with Crippen LogP contribution >= 0.6 is 35.0 Å². The van der Waals surface area contributed by atoms with Gasteiger partial charge in [0.25, 0.3) is 5.91 Å². The number of rotatable bonds is 7. The number of halogens is 2. The van der Waals surface area contributed by atoms with Crippen molar-refractivity contribution in [3.05, 3.63) is 79.9 Å². The summed E-state index contributed by atoms with van der Waals surface area (Å²) in [7, 11) is 0. The van der Waals surface area contributed by atoms with Crippen LogP contribution in [0.3, 0.4) is 0 Å². The first kappa shape index (κ1) is 25.4.